The third kappa shape index (κ3) is 8.98. The molecular formula is C44H55F2N5O3. The lowest BCUT2D eigenvalue weighted by Gasteiger charge is -2.44. The number of piperazine rings is 1. The van der Waals surface area contributed by atoms with Crippen LogP contribution < -0.4 is 0 Å². The number of fused-ring (bicyclic) bond motifs is 2. The fourth-order valence-corrected chi connectivity index (χ4v) is 9.24. The molecular weight excluding hydrogens is 685 g/mol. The molecule has 0 bridgehead atoms. The number of halogens is 2. The zero-order valence-corrected chi connectivity index (χ0v) is 31.7. The van der Waals surface area contributed by atoms with Gasteiger partial charge in [0.2, 0.25) is 5.92 Å². The van der Waals surface area contributed by atoms with Gasteiger partial charge in [0.1, 0.15) is 5.78 Å². The lowest BCUT2D eigenvalue weighted by molar-refractivity contribution is -0.127. The van der Waals surface area contributed by atoms with Crippen LogP contribution >= 0.6 is 0 Å². The Bertz CT molecular complexity index is 1730. The number of carbonyl (C=O) groups is 3. The summed E-state index contributed by atoms with van der Waals surface area (Å²) in [5.41, 5.74) is 4.64. The summed E-state index contributed by atoms with van der Waals surface area (Å²) >= 11 is 0. The minimum absolute atomic E-state index is 0.0581. The van der Waals surface area contributed by atoms with E-state index in [1.165, 1.54) is 16.2 Å². The number of nitrogens with zero attached hydrogens (tertiary/aromatic N) is 5. The van der Waals surface area contributed by atoms with Crippen LogP contribution in [0.15, 0.2) is 72.9 Å². The van der Waals surface area contributed by atoms with Gasteiger partial charge >= 0.3 is 0 Å². The van der Waals surface area contributed by atoms with Gasteiger partial charge in [0.15, 0.2) is 0 Å². The largest absolute Gasteiger partial charge is 0.300 e. The van der Waals surface area contributed by atoms with E-state index >= 15 is 0 Å². The maximum absolute atomic E-state index is 13.9. The summed E-state index contributed by atoms with van der Waals surface area (Å²) in [4.78, 5) is 53.4. The molecule has 10 heteroatoms. The number of benzene rings is 2. The molecule has 2 aliphatic carbocycles. The quantitative estimate of drug-likeness (QED) is 0.119. The van der Waals surface area contributed by atoms with Crippen LogP contribution in [0.1, 0.15) is 114 Å². The number of unbranched alkanes of at least 4 members (excludes halogenated alkanes) is 1. The first kappa shape index (κ1) is 38.4. The molecule has 1 aromatic heterocycles. The van der Waals surface area contributed by atoms with Crippen molar-refractivity contribution in [1.29, 1.82) is 0 Å². The number of carbonyl (C=O) groups excluding carboxylic acids is 3. The van der Waals surface area contributed by atoms with Crippen molar-refractivity contribution in [2.75, 3.05) is 52.9 Å². The van der Waals surface area contributed by atoms with E-state index in [9.17, 15) is 23.2 Å². The number of amides is 2. The number of ketones is 1. The van der Waals surface area contributed by atoms with Crippen molar-refractivity contribution in [3.8, 4) is 0 Å². The molecule has 2 fully saturated rings. The number of hydrogen-bond donors (Lipinski definition) is 0. The number of aromatic nitrogens is 1. The second-order valence-electron chi connectivity index (χ2n) is 16.1. The fourth-order valence-electron chi connectivity index (χ4n) is 9.24. The first-order chi connectivity index (χ1) is 26.2. The highest BCUT2D eigenvalue weighted by Gasteiger charge is 2.38. The standard InChI is InChI=1S/C44H55F2N5O3/c1-48-27-28-49(26-20-35(32-11-3-2-4-12-32)29-40(52)33-18-21-44(45,46)22-19-33)30-36(48)31-50(39-17-9-13-34-14-10-23-47-41(34)39)24-7-8-25-51-42(53)37-15-5-6-16-38(37)43(51)54/h2-6,10-12,14-16,23,33,35-36,39H,7-9,13,17-22,24-31H2,1H3/t35-,36-,39+/m1/s1. The molecule has 3 aromatic rings. The number of hydrogen-bond acceptors (Lipinski definition) is 7. The Kier molecular flexibility index (Phi) is 12.3. The zero-order valence-electron chi connectivity index (χ0n) is 31.7. The van der Waals surface area contributed by atoms with Crippen molar-refractivity contribution in [3.63, 3.8) is 0 Å². The third-order valence-electron chi connectivity index (χ3n) is 12.6. The number of likely N-dealkylation sites (N-methyl/N-ethyl adjacent to an activating group) is 1. The second-order valence-corrected chi connectivity index (χ2v) is 16.1. The first-order valence-electron chi connectivity index (χ1n) is 20.2. The van der Waals surface area contributed by atoms with Gasteiger partial charge in [0, 0.05) is 70.1 Å². The molecule has 0 unspecified atom stereocenters. The van der Waals surface area contributed by atoms with E-state index in [1.807, 2.05) is 30.5 Å². The number of Topliss-reactive ketones (excluding diaryl/α,β-unsaturated/α-hetero) is 1. The van der Waals surface area contributed by atoms with Crippen molar-refractivity contribution in [1.82, 2.24) is 24.6 Å². The monoisotopic (exact) mass is 739 g/mol. The maximum atomic E-state index is 13.9. The first-order valence-corrected chi connectivity index (χ1v) is 20.2. The van der Waals surface area contributed by atoms with Gasteiger partial charge in [0.25, 0.3) is 11.8 Å². The molecule has 8 nitrogen and oxygen atoms in total. The van der Waals surface area contributed by atoms with Crippen LogP contribution in [0.25, 0.3) is 0 Å². The molecule has 2 aromatic carbocycles. The number of imide groups is 1. The van der Waals surface area contributed by atoms with Gasteiger partial charge in [-0.05, 0) is 107 Å². The highest BCUT2D eigenvalue weighted by Crippen LogP contribution is 2.39. The van der Waals surface area contributed by atoms with Crippen LogP contribution in [-0.4, -0.2) is 107 Å². The summed E-state index contributed by atoms with van der Waals surface area (Å²) in [7, 11) is 2.22. The predicted molar refractivity (Wildman–Crippen MR) is 206 cm³/mol. The lowest BCUT2D eigenvalue weighted by atomic mass is 9.80. The third-order valence-corrected chi connectivity index (χ3v) is 12.6. The van der Waals surface area contributed by atoms with Gasteiger partial charge in [-0.15, -0.1) is 0 Å². The van der Waals surface area contributed by atoms with E-state index in [0.29, 0.717) is 30.1 Å². The molecule has 3 atom stereocenters. The van der Waals surface area contributed by atoms with Crippen molar-refractivity contribution in [3.05, 3.63) is 101 Å². The summed E-state index contributed by atoms with van der Waals surface area (Å²) in [6.07, 6.45) is 8.15. The molecule has 7 rings (SSSR count). The summed E-state index contributed by atoms with van der Waals surface area (Å²) in [6, 6.07) is 22.1. The predicted octanol–water partition coefficient (Wildman–Crippen LogP) is 7.41. The molecule has 0 N–H and O–H groups in total. The van der Waals surface area contributed by atoms with Gasteiger partial charge in [-0.2, -0.15) is 0 Å². The summed E-state index contributed by atoms with van der Waals surface area (Å²) in [6.45, 7) is 5.82. The van der Waals surface area contributed by atoms with Crippen LogP contribution in [0.2, 0.25) is 0 Å². The van der Waals surface area contributed by atoms with Gasteiger partial charge in [-0.1, -0.05) is 48.5 Å². The molecule has 288 valence electrons. The van der Waals surface area contributed by atoms with Crippen molar-refractivity contribution >= 4 is 17.6 Å². The van der Waals surface area contributed by atoms with Crippen LogP contribution in [0.4, 0.5) is 8.78 Å². The van der Waals surface area contributed by atoms with E-state index in [-0.39, 0.29) is 61.2 Å². The highest BCUT2D eigenvalue weighted by atomic mass is 19.3. The Labute approximate surface area is 318 Å². The Balaban J connectivity index is 0.994. The average molecular weight is 740 g/mol. The van der Waals surface area contributed by atoms with Gasteiger partial charge in [-0.25, -0.2) is 8.78 Å². The number of pyridine rings is 1. The van der Waals surface area contributed by atoms with E-state index < -0.39 is 5.92 Å². The minimum Gasteiger partial charge on any atom is -0.300 e. The molecule has 4 aliphatic rings. The van der Waals surface area contributed by atoms with Crippen LogP contribution in [-0.2, 0) is 11.2 Å². The lowest BCUT2D eigenvalue weighted by Crippen LogP contribution is -2.56. The summed E-state index contributed by atoms with van der Waals surface area (Å²) in [5.74, 6) is -3.10. The van der Waals surface area contributed by atoms with E-state index in [0.717, 1.165) is 83.4 Å². The van der Waals surface area contributed by atoms with Crippen LogP contribution in [0.5, 0.6) is 0 Å². The van der Waals surface area contributed by atoms with Gasteiger partial charge in [0.05, 0.1) is 22.9 Å². The summed E-state index contributed by atoms with van der Waals surface area (Å²) in [5, 5.41) is 0. The Morgan fingerprint density at radius 1 is 0.907 bits per heavy atom. The van der Waals surface area contributed by atoms with Gasteiger partial charge < -0.3 is 4.90 Å². The average Bonchev–Trinajstić information content (AvgIpc) is 3.43. The molecule has 1 saturated carbocycles. The second kappa shape index (κ2) is 17.3. The molecule has 2 amide bonds. The molecule has 2 aliphatic heterocycles. The number of rotatable bonds is 15. The fraction of sp³-hybridized carbons (Fsp3) is 0.545. The van der Waals surface area contributed by atoms with Crippen LogP contribution in [0, 0.1) is 5.92 Å². The minimum atomic E-state index is -2.64. The van der Waals surface area contributed by atoms with Gasteiger partial charge in [-0.3, -0.25) is 34.1 Å². The summed E-state index contributed by atoms with van der Waals surface area (Å²) < 4.78 is 27.7. The Hall–Kier alpha value is -3.86. The molecule has 1 saturated heterocycles. The number of aryl methyl sites for hydroxylation is 1. The SMILES string of the molecule is CN1CCN(CC[C@H](CC(=O)C2CCC(F)(F)CC2)c2ccccc2)C[C@@H]1CN(CCCCN1C(=O)c2ccccc2C1=O)[C@H]1CCCc2cccnc21. The van der Waals surface area contributed by atoms with Crippen molar-refractivity contribution in [2.24, 2.45) is 5.92 Å². The van der Waals surface area contributed by atoms with Crippen molar-refractivity contribution < 1.29 is 23.2 Å². The highest BCUT2D eigenvalue weighted by molar-refractivity contribution is 6.21. The Morgan fingerprint density at radius 2 is 1.63 bits per heavy atom. The van der Waals surface area contributed by atoms with E-state index in [2.05, 4.69) is 39.9 Å². The zero-order chi connectivity index (χ0) is 37.7. The van der Waals surface area contributed by atoms with Crippen molar-refractivity contribution in [2.45, 2.75) is 94.6 Å². The smallest absolute Gasteiger partial charge is 0.261 e. The molecule has 3 heterocycles. The normalized spacial score (nSPS) is 22.7. The molecule has 0 spiro atoms. The van der Waals surface area contributed by atoms with E-state index in [1.54, 1.807) is 24.3 Å². The maximum Gasteiger partial charge on any atom is 0.261 e. The van der Waals surface area contributed by atoms with E-state index in [4.69, 9.17) is 4.98 Å². The molecule has 0 radical (unpaired) electrons. The molecule has 54 heavy (non-hydrogen) atoms. The van der Waals surface area contributed by atoms with Crippen LogP contribution in [0.3, 0.4) is 0 Å². The topological polar surface area (TPSA) is 77.1 Å². The Morgan fingerprint density at radius 3 is 2.37 bits per heavy atom. The number of alkyl halides is 2.